The Hall–Kier alpha value is -1.16. The van der Waals surface area contributed by atoms with Crippen molar-refractivity contribution >= 4 is 5.82 Å². The molecule has 0 radical (unpaired) electrons. The first-order chi connectivity index (χ1) is 9.02. The van der Waals surface area contributed by atoms with E-state index in [-0.39, 0.29) is 0 Å². The van der Waals surface area contributed by atoms with Crippen molar-refractivity contribution in [2.24, 2.45) is 11.8 Å². The van der Waals surface area contributed by atoms with Crippen LogP contribution < -0.4 is 10.2 Å². The fourth-order valence-corrected chi connectivity index (χ4v) is 1.84. The molecule has 0 fully saturated rings. The van der Waals surface area contributed by atoms with Crippen LogP contribution in [0.1, 0.15) is 39.8 Å². The average Bonchev–Trinajstić information content (AvgIpc) is 2.38. The molecule has 4 heteroatoms. The fourth-order valence-electron chi connectivity index (χ4n) is 1.84. The summed E-state index contributed by atoms with van der Waals surface area (Å²) in [6, 6.07) is 0. The first-order valence-electron chi connectivity index (χ1n) is 7.25. The minimum atomic E-state index is 0.657. The summed E-state index contributed by atoms with van der Waals surface area (Å²) in [6.07, 6.45) is 4.87. The third-order valence-corrected chi connectivity index (χ3v) is 3.20. The summed E-state index contributed by atoms with van der Waals surface area (Å²) in [5, 5.41) is 3.40. The largest absolute Gasteiger partial charge is 0.358 e. The summed E-state index contributed by atoms with van der Waals surface area (Å²) in [4.78, 5) is 11.1. The van der Waals surface area contributed by atoms with Crippen LogP contribution in [0.4, 0.5) is 5.82 Å². The number of hydrogen-bond acceptors (Lipinski definition) is 4. The third-order valence-electron chi connectivity index (χ3n) is 3.20. The van der Waals surface area contributed by atoms with Crippen molar-refractivity contribution in [2.45, 2.75) is 40.7 Å². The molecule has 0 bridgehead atoms. The van der Waals surface area contributed by atoms with Gasteiger partial charge >= 0.3 is 0 Å². The van der Waals surface area contributed by atoms with E-state index >= 15 is 0 Å². The highest BCUT2D eigenvalue weighted by Gasteiger charge is 2.08. The first kappa shape index (κ1) is 15.9. The number of nitrogens with one attached hydrogen (secondary N) is 1. The maximum Gasteiger partial charge on any atom is 0.147 e. The second-order valence-corrected chi connectivity index (χ2v) is 5.79. The summed E-state index contributed by atoms with van der Waals surface area (Å²) in [5.74, 6) is 2.29. The maximum atomic E-state index is 4.66. The predicted molar refractivity (Wildman–Crippen MR) is 81.3 cm³/mol. The van der Waals surface area contributed by atoms with Gasteiger partial charge in [-0.1, -0.05) is 34.1 Å². The number of aromatic nitrogens is 2. The quantitative estimate of drug-likeness (QED) is 0.784. The maximum absolute atomic E-state index is 4.66. The lowest BCUT2D eigenvalue weighted by Gasteiger charge is -2.21. The van der Waals surface area contributed by atoms with E-state index in [1.165, 1.54) is 6.42 Å². The van der Waals surface area contributed by atoms with Gasteiger partial charge in [0.2, 0.25) is 0 Å². The van der Waals surface area contributed by atoms with Crippen LogP contribution in [0.2, 0.25) is 0 Å². The van der Waals surface area contributed by atoms with Crippen LogP contribution >= 0.6 is 0 Å². The zero-order valence-electron chi connectivity index (χ0n) is 13.0. The monoisotopic (exact) mass is 264 g/mol. The predicted octanol–water partition coefficient (Wildman–Crippen LogP) is 2.70. The Morgan fingerprint density at radius 2 is 2.00 bits per heavy atom. The van der Waals surface area contributed by atoms with Crippen LogP contribution in [0.15, 0.2) is 12.4 Å². The van der Waals surface area contributed by atoms with E-state index in [0.717, 1.165) is 31.1 Å². The Morgan fingerprint density at radius 1 is 1.26 bits per heavy atom. The molecule has 1 aromatic rings. The van der Waals surface area contributed by atoms with Gasteiger partial charge in [-0.25, -0.2) is 4.98 Å². The molecule has 1 aromatic heterocycles. The number of nitrogens with zero attached hydrogens (tertiary/aromatic N) is 3. The van der Waals surface area contributed by atoms with Gasteiger partial charge in [0.15, 0.2) is 0 Å². The third kappa shape index (κ3) is 6.01. The van der Waals surface area contributed by atoms with Gasteiger partial charge in [0.25, 0.3) is 0 Å². The molecule has 1 unspecified atom stereocenters. The number of hydrogen-bond donors (Lipinski definition) is 1. The van der Waals surface area contributed by atoms with Crippen LogP contribution in [-0.2, 0) is 6.54 Å². The van der Waals surface area contributed by atoms with Crippen LogP contribution in [0, 0.1) is 11.8 Å². The molecule has 1 N–H and O–H groups in total. The number of rotatable bonds is 8. The van der Waals surface area contributed by atoms with E-state index in [0.29, 0.717) is 11.8 Å². The molecule has 0 aromatic carbocycles. The molecule has 0 spiro atoms. The van der Waals surface area contributed by atoms with E-state index in [1.54, 1.807) is 0 Å². The normalized spacial score (nSPS) is 12.7. The molecule has 4 nitrogen and oxygen atoms in total. The Kier molecular flexibility index (Phi) is 6.78. The second-order valence-electron chi connectivity index (χ2n) is 5.79. The van der Waals surface area contributed by atoms with Crippen molar-refractivity contribution in [2.75, 3.05) is 25.0 Å². The lowest BCUT2D eigenvalue weighted by atomic mass is 10.1. The zero-order chi connectivity index (χ0) is 14.3. The van der Waals surface area contributed by atoms with E-state index in [1.807, 2.05) is 12.4 Å². The van der Waals surface area contributed by atoms with Crippen molar-refractivity contribution in [3.8, 4) is 0 Å². The van der Waals surface area contributed by atoms with Gasteiger partial charge in [-0.05, 0) is 18.4 Å². The molecule has 0 amide bonds. The van der Waals surface area contributed by atoms with Crippen LogP contribution in [0.5, 0.6) is 0 Å². The minimum Gasteiger partial charge on any atom is -0.358 e. The molecular formula is C15H28N4. The van der Waals surface area contributed by atoms with Crippen LogP contribution in [-0.4, -0.2) is 30.1 Å². The fraction of sp³-hybridized carbons (Fsp3) is 0.733. The molecular weight excluding hydrogens is 236 g/mol. The number of anilines is 1. The first-order valence-corrected chi connectivity index (χ1v) is 7.25. The van der Waals surface area contributed by atoms with Gasteiger partial charge in [-0.3, -0.25) is 4.98 Å². The van der Waals surface area contributed by atoms with Gasteiger partial charge in [0, 0.05) is 26.3 Å². The highest BCUT2D eigenvalue weighted by Crippen LogP contribution is 2.11. The Bertz CT molecular complexity index is 365. The standard InChI is InChI=1S/C15H28N4/c1-6-13(4)11-19(5)15-10-17-9-14(18-15)8-16-7-12(2)3/h9-10,12-13,16H,6-8,11H2,1-5H3. The summed E-state index contributed by atoms with van der Waals surface area (Å²) >= 11 is 0. The minimum absolute atomic E-state index is 0.657. The van der Waals surface area contributed by atoms with Gasteiger partial charge in [-0.2, -0.15) is 0 Å². The Morgan fingerprint density at radius 3 is 2.63 bits per heavy atom. The molecule has 1 atom stereocenters. The van der Waals surface area contributed by atoms with E-state index in [4.69, 9.17) is 0 Å². The molecule has 0 aliphatic rings. The van der Waals surface area contributed by atoms with Crippen molar-refractivity contribution in [3.63, 3.8) is 0 Å². The van der Waals surface area contributed by atoms with Gasteiger partial charge in [0.1, 0.15) is 5.82 Å². The molecule has 1 rings (SSSR count). The smallest absolute Gasteiger partial charge is 0.147 e. The van der Waals surface area contributed by atoms with Gasteiger partial charge < -0.3 is 10.2 Å². The van der Waals surface area contributed by atoms with Crippen molar-refractivity contribution in [1.82, 2.24) is 15.3 Å². The SMILES string of the molecule is CCC(C)CN(C)c1cncc(CNCC(C)C)n1. The molecule has 0 saturated heterocycles. The molecule has 0 aliphatic carbocycles. The molecule has 1 heterocycles. The Balaban J connectivity index is 2.55. The molecule has 19 heavy (non-hydrogen) atoms. The van der Waals surface area contributed by atoms with E-state index in [2.05, 4.69) is 54.9 Å². The average molecular weight is 264 g/mol. The van der Waals surface area contributed by atoms with Crippen LogP contribution in [0.3, 0.4) is 0 Å². The zero-order valence-corrected chi connectivity index (χ0v) is 13.0. The summed E-state index contributed by atoms with van der Waals surface area (Å²) in [5.41, 5.74) is 1.01. The molecule has 108 valence electrons. The van der Waals surface area contributed by atoms with Gasteiger partial charge in [0.05, 0.1) is 11.9 Å². The Labute approximate surface area is 117 Å². The van der Waals surface area contributed by atoms with Crippen molar-refractivity contribution in [3.05, 3.63) is 18.1 Å². The molecule has 0 saturated carbocycles. The second kappa shape index (κ2) is 8.10. The molecule has 0 aliphatic heterocycles. The summed E-state index contributed by atoms with van der Waals surface area (Å²) < 4.78 is 0. The van der Waals surface area contributed by atoms with Crippen molar-refractivity contribution in [1.29, 1.82) is 0 Å². The highest BCUT2D eigenvalue weighted by atomic mass is 15.2. The van der Waals surface area contributed by atoms with E-state index < -0.39 is 0 Å². The topological polar surface area (TPSA) is 41.1 Å². The summed E-state index contributed by atoms with van der Waals surface area (Å²) in [7, 11) is 2.08. The lowest BCUT2D eigenvalue weighted by Crippen LogP contribution is -2.25. The highest BCUT2D eigenvalue weighted by molar-refractivity contribution is 5.35. The van der Waals surface area contributed by atoms with Gasteiger partial charge in [-0.15, -0.1) is 0 Å². The van der Waals surface area contributed by atoms with Crippen molar-refractivity contribution < 1.29 is 0 Å². The van der Waals surface area contributed by atoms with Crippen LogP contribution in [0.25, 0.3) is 0 Å². The summed E-state index contributed by atoms with van der Waals surface area (Å²) in [6.45, 7) is 11.7. The lowest BCUT2D eigenvalue weighted by molar-refractivity contribution is 0.544. The van der Waals surface area contributed by atoms with E-state index in [9.17, 15) is 0 Å².